The number of nitro groups is 1. The summed E-state index contributed by atoms with van der Waals surface area (Å²) < 4.78 is 0. The van der Waals surface area contributed by atoms with E-state index in [4.69, 9.17) is 0 Å². The summed E-state index contributed by atoms with van der Waals surface area (Å²) in [6, 6.07) is 5.66. The summed E-state index contributed by atoms with van der Waals surface area (Å²) in [5.41, 5.74) is 2.38. The lowest BCUT2D eigenvalue weighted by molar-refractivity contribution is -0.385. The standard InChI is InChI=1S/C15H21N3O2/c1-16-7-2-8-17(10-9-16)13-5-6-15(18(19)20)14(11-13)12-3-4-12/h5-6,11-12H,2-4,7-10H2,1H3. The van der Waals surface area contributed by atoms with Crippen LogP contribution in [0.3, 0.4) is 0 Å². The van der Waals surface area contributed by atoms with Gasteiger partial charge in [0, 0.05) is 37.0 Å². The second-order valence-corrected chi connectivity index (χ2v) is 5.92. The van der Waals surface area contributed by atoms with Gasteiger partial charge in [0.1, 0.15) is 0 Å². The van der Waals surface area contributed by atoms with Gasteiger partial charge in [0.2, 0.25) is 0 Å². The Bertz CT molecular complexity index is 514. The molecule has 0 radical (unpaired) electrons. The summed E-state index contributed by atoms with van der Waals surface area (Å²) in [5, 5.41) is 11.1. The minimum atomic E-state index is -0.242. The van der Waals surface area contributed by atoms with Crippen LogP contribution in [-0.2, 0) is 0 Å². The molecule has 2 fully saturated rings. The van der Waals surface area contributed by atoms with Crippen molar-refractivity contribution in [2.24, 2.45) is 0 Å². The van der Waals surface area contributed by atoms with Crippen LogP contribution in [0.15, 0.2) is 18.2 Å². The van der Waals surface area contributed by atoms with Crippen molar-refractivity contribution < 1.29 is 4.92 Å². The van der Waals surface area contributed by atoms with E-state index in [2.05, 4.69) is 22.9 Å². The molecule has 0 bridgehead atoms. The molecule has 1 heterocycles. The lowest BCUT2D eigenvalue weighted by Crippen LogP contribution is -2.28. The van der Waals surface area contributed by atoms with Gasteiger partial charge >= 0.3 is 0 Å². The van der Waals surface area contributed by atoms with Crippen molar-refractivity contribution in [2.45, 2.75) is 25.2 Å². The topological polar surface area (TPSA) is 49.6 Å². The Labute approximate surface area is 119 Å². The first-order chi connectivity index (χ1) is 9.65. The van der Waals surface area contributed by atoms with Gasteiger partial charge in [-0.1, -0.05) is 0 Å². The van der Waals surface area contributed by atoms with Gasteiger partial charge in [-0.15, -0.1) is 0 Å². The SMILES string of the molecule is CN1CCCN(c2ccc([N+](=O)[O-])c(C3CC3)c2)CC1. The van der Waals surface area contributed by atoms with Crippen molar-refractivity contribution in [3.05, 3.63) is 33.9 Å². The van der Waals surface area contributed by atoms with Crippen molar-refractivity contribution in [3.63, 3.8) is 0 Å². The first-order valence-corrected chi connectivity index (χ1v) is 7.37. The zero-order chi connectivity index (χ0) is 14.1. The molecule has 1 aliphatic carbocycles. The molecule has 1 saturated heterocycles. The van der Waals surface area contributed by atoms with E-state index >= 15 is 0 Å². The molecule has 1 aromatic rings. The summed E-state index contributed by atoms with van der Waals surface area (Å²) >= 11 is 0. The normalized spacial score (nSPS) is 20.8. The van der Waals surface area contributed by atoms with Gasteiger partial charge < -0.3 is 9.80 Å². The largest absolute Gasteiger partial charge is 0.370 e. The third-order valence-electron chi connectivity index (χ3n) is 4.31. The maximum Gasteiger partial charge on any atom is 0.273 e. The number of likely N-dealkylation sites (N-methyl/N-ethyl adjacent to an activating group) is 1. The molecule has 0 atom stereocenters. The Kier molecular flexibility index (Phi) is 3.61. The lowest BCUT2D eigenvalue weighted by Gasteiger charge is -2.23. The molecular formula is C15H21N3O2. The van der Waals surface area contributed by atoms with Gasteiger partial charge in [-0.05, 0) is 50.9 Å². The number of nitro benzene ring substituents is 1. The number of anilines is 1. The van der Waals surface area contributed by atoms with Crippen LogP contribution in [0.5, 0.6) is 0 Å². The predicted molar refractivity (Wildman–Crippen MR) is 79.4 cm³/mol. The molecule has 1 aromatic carbocycles. The highest BCUT2D eigenvalue weighted by atomic mass is 16.6. The lowest BCUT2D eigenvalue weighted by atomic mass is 10.1. The molecule has 3 rings (SSSR count). The average molecular weight is 275 g/mol. The van der Waals surface area contributed by atoms with Gasteiger partial charge in [0.25, 0.3) is 5.69 Å². The molecule has 0 aromatic heterocycles. The number of nitrogens with zero attached hydrogens (tertiary/aromatic N) is 3. The molecule has 2 aliphatic rings. The molecule has 5 nitrogen and oxygen atoms in total. The Morgan fingerprint density at radius 2 is 2.00 bits per heavy atom. The van der Waals surface area contributed by atoms with Crippen LogP contribution in [0.1, 0.15) is 30.7 Å². The van der Waals surface area contributed by atoms with Crippen molar-refractivity contribution >= 4 is 11.4 Å². The van der Waals surface area contributed by atoms with Gasteiger partial charge in [-0.3, -0.25) is 10.1 Å². The Morgan fingerprint density at radius 1 is 1.20 bits per heavy atom. The fourth-order valence-corrected chi connectivity index (χ4v) is 2.93. The zero-order valence-corrected chi connectivity index (χ0v) is 11.9. The van der Waals surface area contributed by atoms with Crippen LogP contribution >= 0.6 is 0 Å². The summed E-state index contributed by atoms with van der Waals surface area (Å²) in [7, 11) is 2.15. The number of benzene rings is 1. The molecule has 1 aliphatic heterocycles. The molecule has 5 heteroatoms. The second-order valence-electron chi connectivity index (χ2n) is 5.92. The molecular weight excluding hydrogens is 254 g/mol. The maximum atomic E-state index is 11.1. The number of hydrogen-bond acceptors (Lipinski definition) is 4. The molecule has 0 amide bonds. The Balaban J connectivity index is 1.86. The highest BCUT2D eigenvalue weighted by molar-refractivity contribution is 5.57. The highest BCUT2D eigenvalue weighted by Gasteiger charge is 2.31. The molecule has 0 spiro atoms. The quantitative estimate of drug-likeness (QED) is 0.628. The van der Waals surface area contributed by atoms with E-state index in [1.54, 1.807) is 6.07 Å². The van der Waals surface area contributed by atoms with E-state index in [1.807, 2.05) is 6.07 Å². The zero-order valence-electron chi connectivity index (χ0n) is 11.9. The van der Waals surface area contributed by atoms with Crippen molar-refractivity contribution in [2.75, 3.05) is 38.1 Å². The fraction of sp³-hybridized carbons (Fsp3) is 0.600. The molecule has 1 saturated carbocycles. The summed E-state index contributed by atoms with van der Waals surface area (Å²) in [5.74, 6) is 0.407. The van der Waals surface area contributed by atoms with Crippen LogP contribution < -0.4 is 4.90 Å². The first-order valence-electron chi connectivity index (χ1n) is 7.37. The number of rotatable bonds is 3. The number of hydrogen-bond donors (Lipinski definition) is 0. The van der Waals surface area contributed by atoms with E-state index < -0.39 is 0 Å². The predicted octanol–water partition coefficient (Wildman–Crippen LogP) is 2.61. The van der Waals surface area contributed by atoms with Crippen molar-refractivity contribution in [1.82, 2.24) is 4.90 Å². The molecule has 0 unspecified atom stereocenters. The van der Waals surface area contributed by atoms with Crippen LogP contribution in [0, 0.1) is 10.1 Å². The maximum absolute atomic E-state index is 11.1. The van der Waals surface area contributed by atoms with Crippen molar-refractivity contribution in [3.8, 4) is 0 Å². The monoisotopic (exact) mass is 275 g/mol. The van der Waals surface area contributed by atoms with E-state index in [0.29, 0.717) is 11.6 Å². The second kappa shape index (κ2) is 5.40. The van der Waals surface area contributed by atoms with Crippen LogP contribution in [0.2, 0.25) is 0 Å². The van der Waals surface area contributed by atoms with Crippen LogP contribution in [-0.4, -0.2) is 43.0 Å². The molecule has 20 heavy (non-hydrogen) atoms. The fourth-order valence-electron chi connectivity index (χ4n) is 2.93. The third kappa shape index (κ3) is 2.77. The van der Waals surface area contributed by atoms with Gasteiger partial charge in [0.15, 0.2) is 0 Å². The minimum Gasteiger partial charge on any atom is -0.370 e. The smallest absolute Gasteiger partial charge is 0.273 e. The van der Waals surface area contributed by atoms with E-state index in [0.717, 1.165) is 56.7 Å². The van der Waals surface area contributed by atoms with E-state index in [1.165, 1.54) is 0 Å². The summed E-state index contributed by atoms with van der Waals surface area (Å²) in [4.78, 5) is 15.6. The van der Waals surface area contributed by atoms with Gasteiger partial charge in [0.05, 0.1) is 4.92 Å². The Hall–Kier alpha value is -1.62. The van der Waals surface area contributed by atoms with Gasteiger partial charge in [-0.25, -0.2) is 0 Å². The minimum absolute atomic E-state index is 0.242. The third-order valence-corrected chi connectivity index (χ3v) is 4.31. The summed E-state index contributed by atoms with van der Waals surface area (Å²) in [6.07, 6.45) is 3.33. The summed E-state index contributed by atoms with van der Waals surface area (Å²) in [6.45, 7) is 4.21. The van der Waals surface area contributed by atoms with Gasteiger partial charge in [-0.2, -0.15) is 0 Å². The van der Waals surface area contributed by atoms with E-state index in [9.17, 15) is 10.1 Å². The van der Waals surface area contributed by atoms with Crippen LogP contribution in [0.4, 0.5) is 11.4 Å². The van der Waals surface area contributed by atoms with E-state index in [-0.39, 0.29) is 4.92 Å². The molecule has 0 N–H and O–H groups in total. The van der Waals surface area contributed by atoms with Crippen molar-refractivity contribution in [1.29, 1.82) is 0 Å². The molecule has 108 valence electrons. The average Bonchev–Trinajstić information content (AvgIpc) is 3.25. The first kappa shape index (κ1) is 13.4. The van der Waals surface area contributed by atoms with Crippen LogP contribution in [0.25, 0.3) is 0 Å². The Morgan fingerprint density at radius 3 is 2.70 bits per heavy atom. The highest BCUT2D eigenvalue weighted by Crippen LogP contribution is 2.45.